The van der Waals surface area contributed by atoms with Crippen molar-refractivity contribution in [2.75, 3.05) is 13.7 Å². The zero-order valence-electron chi connectivity index (χ0n) is 10.5. The van der Waals surface area contributed by atoms with Crippen LogP contribution >= 0.6 is 0 Å². The van der Waals surface area contributed by atoms with E-state index in [0.29, 0.717) is 12.2 Å². The Morgan fingerprint density at radius 1 is 1.28 bits per heavy atom. The number of hydrogen-bond acceptors (Lipinski definition) is 5. The second kappa shape index (κ2) is 6.76. The van der Waals surface area contributed by atoms with Gasteiger partial charge in [-0.1, -0.05) is 12.1 Å². The van der Waals surface area contributed by atoms with Gasteiger partial charge in [0.1, 0.15) is 18.4 Å². The quantitative estimate of drug-likeness (QED) is 0.753. The molecule has 2 N–H and O–H groups in total. The van der Waals surface area contributed by atoms with Crippen LogP contribution in [0.4, 0.5) is 0 Å². The summed E-state index contributed by atoms with van der Waals surface area (Å²) in [4.78, 5) is 21.9. The molecule has 18 heavy (non-hydrogen) atoms. The highest BCUT2D eigenvalue weighted by Crippen LogP contribution is 2.13. The molecule has 1 aromatic rings. The van der Waals surface area contributed by atoms with Crippen LogP contribution < -0.4 is 10.5 Å². The number of rotatable bonds is 6. The molecular formula is C13H17NO4. The van der Waals surface area contributed by atoms with Gasteiger partial charge in [-0.15, -0.1) is 0 Å². The average molecular weight is 251 g/mol. The molecule has 0 heterocycles. The molecule has 5 nitrogen and oxygen atoms in total. The minimum Gasteiger partial charge on any atom is -0.486 e. The molecule has 0 aliphatic rings. The predicted octanol–water partition coefficient (Wildman–Crippen LogP) is 0.697. The van der Waals surface area contributed by atoms with Crippen molar-refractivity contribution < 1.29 is 19.1 Å². The molecule has 0 aliphatic heterocycles. The highest BCUT2D eigenvalue weighted by Gasteiger charge is 2.13. The lowest BCUT2D eigenvalue weighted by Crippen LogP contribution is -2.33. The van der Waals surface area contributed by atoms with Gasteiger partial charge in [-0.3, -0.25) is 9.59 Å². The van der Waals surface area contributed by atoms with Gasteiger partial charge in [0.05, 0.1) is 7.11 Å². The molecule has 0 fully saturated rings. The first kappa shape index (κ1) is 14.2. The number of benzene rings is 1. The van der Waals surface area contributed by atoms with Crippen LogP contribution in [0, 0.1) is 0 Å². The van der Waals surface area contributed by atoms with Gasteiger partial charge in [0.25, 0.3) is 0 Å². The molecule has 1 rings (SSSR count). The first-order valence-corrected chi connectivity index (χ1v) is 5.57. The monoisotopic (exact) mass is 251 g/mol. The van der Waals surface area contributed by atoms with E-state index in [-0.39, 0.29) is 12.4 Å². The highest BCUT2D eigenvalue weighted by atomic mass is 16.5. The maximum atomic E-state index is 11.2. The lowest BCUT2D eigenvalue weighted by molar-refractivity contribution is -0.142. The third kappa shape index (κ3) is 4.55. The third-order valence-corrected chi connectivity index (χ3v) is 2.32. The maximum absolute atomic E-state index is 11.2. The Balaban J connectivity index is 2.54. The summed E-state index contributed by atoms with van der Waals surface area (Å²) in [5.74, 6) is 0.138. The number of ether oxygens (including phenoxy) is 2. The molecule has 1 aromatic carbocycles. The number of carbonyl (C=O) groups excluding carboxylic acids is 2. The van der Waals surface area contributed by atoms with Crippen LogP contribution in [0.3, 0.4) is 0 Å². The van der Waals surface area contributed by atoms with Gasteiger partial charge in [-0.25, -0.2) is 0 Å². The molecule has 0 bridgehead atoms. The van der Waals surface area contributed by atoms with Gasteiger partial charge in [-0.05, 0) is 31.0 Å². The highest BCUT2D eigenvalue weighted by molar-refractivity contribution is 5.77. The Morgan fingerprint density at radius 2 is 1.89 bits per heavy atom. The summed E-state index contributed by atoms with van der Waals surface area (Å²) in [7, 11) is 1.31. The molecule has 0 saturated heterocycles. The minimum atomic E-state index is -0.668. The first-order valence-electron chi connectivity index (χ1n) is 5.57. The summed E-state index contributed by atoms with van der Waals surface area (Å²) in [6.07, 6.45) is 0.402. The van der Waals surface area contributed by atoms with Gasteiger partial charge >= 0.3 is 5.97 Å². The molecule has 1 atom stereocenters. The van der Waals surface area contributed by atoms with Crippen molar-refractivity contribution in [2.24, 2.45) is 5.73 Å². The third-order valence-electron chi connectivity index (χ3n) is 2.32. The van der Waals surface area contributed by atoms with Gasteiger partial charge in [0.15, 0.2) is 5.78 Å². The molecule has 98 valence electrons. The summed E-state index contributed by atoms with van der Waals surface area (Å²) in [6.45, 7) is 1.52. The molecule has 0 unspecified atom stereocenters. The Hall–Kier alpha value is -1.88. The van der Waals surface area contributed by atoms with E-state index in [1.54, 1.807) is 24.3 Å². The van der Waals surface area contributed by atoms with E-state index in [9.17, 15) is 9.59 Å². The molecule has 0 aromatic heterocycles. The smallest absolute Gasteiger partial charge is 0.322 e. The van der Waals surface area contributed by atoms with Crippen molar-refractivity contribution in [2.45, 2.75) is 19.4 Å². The molecule has 0 saturated carbocycles. The van der Waals surface area contributed by atoms with Crippen molar-refractivity contribution in [3.05, 3.63) is 29.8 Å². The Kier molecular flexibility index (Phi) is 5.32. The second-order valence-electron chi connectivity index (χ2n) is 3.97. The van der Waals surface area contributed by atoms with E-state index in [1.165, 1.54) is 14.0 Å². The zero-order valence-corrected chi connectivity index (χ0v) is 10.5. The van der Waals surface area contributed by atoms with Gasteiger partial charge < -0.3 is 15.2 Å². The van der Waals surface area contributed by atoms with Crippen LogP contribution in [-0.4, -0.2) is 31.5 Å². The largest absolute Gasteiger partial charge is 0.486 e. The number of ketones is 1. The fraction of sp³-hybridized carbons (Fsp3) is 0.385. The zero-order chi connectivity index (χ0) is 13.5. The van der Waals surface area contributed by atoms with Crippen LogP contribution in [0.25, 0.3) is 0 Å². The van der Waals surface area contributed by atoms with Crippen LogP contribution in [0.1, 0.15) is 12.5 Å². The predicted molar refractivity (Wildman–Crippen MR) is 66.3 cm³/mol. The van der Waals surface area contributed by atoms with Gasteiger partial charge in [0, 0.05) is 0 Å². The maximum Gasteiger partial charge on any atom is 0.322 e. The van der Waals surface area contributed by atoms with Gasteiger partial charge in [0.2, 0.25) is 0 Å². The van der Waals surface area contributed by atoms with E-state index >= 15 is 0 Å². The van der Waals surface area contributed by atoms with Gasteiger partial charge in [-0.2, -0.15) is 0 Å². The summed E-state index contributed by atoms with van der Waals surface area (Å²) >= 11 is 0. The molecule has 0 radical (unpaired) electrons. The van der Waals surface area contributed by atoms with Crippen molar-refractivity contribution in [3.63, 3.8) is 0 Å². The Bertz CT molecular complexity index is 414. The van der Waals surface area contributed by atoms with Crippen molar-refractivity contribution in [1.82, 2.24) is 0 Å². The SMILES string of the molecule is COC(=O)[C@@H](N)Cc1ccc(OCC(C)=O)cc1. The lowest BCUT2D eigenvalue weighted by atomic mass is 10.1. The molecule has 5 heteroatoms. The summed E-state index contributed by atoms with van der Waals surface area (Å²) in [6, 6.07) is 6.42. The van der Waals surface area contributed by atoms with Crippen LogP contribution in [0.15, 0.2) is 24.3 Å². The summed E-state index contributed by atoms with van der Waals surface area (Å²) in [5, 5.41) is 0. The van der Waals surface area contributed by atoms with Crippen LogP contribution in [0.5, 0.6) is 5.75 Å². The fourth-order valence-electron chi connectivity index (χ4n) is 1.40. The number of hydrogen-bond donors (Lipinski definition) is 1. The number of Topliss-reactive ketones (excluding diaryl/α,β-unsaturated/α-hetero) is 1. The Morgan fingerprint density at radius 3 is 2.39 bits per heavy atom. The summed E-state index contributed by atoms with van der Waals surface area (Å²) in [5.41, 5.74) is 6.55. The number of nitrogens with two attached hydrogens (primary N) is 1. The average Bonchev–Trinajstić information content (AvgIpc) is 2.36. The van der Waals surface area contributed by atoms with Crippen LogP contribution in [-0.2, 0) is 20.7 Å². The fourth-order valence-corrected chi connectivity index (χ4v) is 1.40. The van der Waals surface area contributed by atoms with E-state index in [2.05, 4.69) is 4.74 Å². The van der Waals surface area contributed by atoms with Crippen molar-refractivity contribution in [3.8, 4) is 5.75 Å². The first-order chi connectivity index (χ1) is 8.52. The van der Waals surface area contributed by atoms with Crippen molar-refractivity contribution >= 4 is 11.8 Å². The molecule has 0 aliphatic carbocycles. The minimum absolute atomic E-state index is 0.0354. The van der Waals surface area contributed by atoms with E-state index in [1.807, 2.05) is 0 Å². The van der Waals surface area contributed by atoms with Crippen LogP contribution in [0.2, 0.25) is 0 Å². The standard InChI is InChI=1S/C13H17NO4/c1-9(15)8-18-11-5-3-10(4-6-11)7-12(14)13(16)17-2/h3-6,12H,7-8,14H2,1-2H3/t12-/m0/s1. The van der Waals surface area contributed by atoms with E-state index in [0.717, 1.165) is 5.56 Å². The number of methoxy groups -OCH3 is 1. The van der Waals surface area contributed by atoms with E-state index in [4.69, 9.17) is 10.5 Å². The summed E-state index contributed by atoms with van der Waals surface area (Å²) < 4.78 is 9.77. The number of carbonyl (C=O) groups is 2. The number of esters is 1. The second-order valence-corrected chi connectivity index (χ2v) is 3.97. The molecule has 0 amide bonds. The lowest BCUT2D eigenvalue weighted by Gasteiger charge is -2.10. The topological polar surface area (TPSA) is 78.6 Å². The molecular weight excluding hydrogens is 234 g/mol. The van der Waals surface area contributed by atoms with Crippen molar-refractivity contribution in [1.29, 1.82) is 0 Å². The van der Waals surface area contributed by atoms with E-state index < -0.39 is 12.0 Å². The normalized spacial score (nSPS) is 11.7. The molecule has 0 spiro atoms. The Labute approximate surface area is 106 Å².